The Balaban J connectivity index is 2.38. The maximum Gasteiger partial charge on any atom is 0.149 e. The average molecular weight is 184 g/mol. The van der Waals surface area contributed by atoms with E-state index < -0.39 is 0 Å². The minimum atomic E-state index is -0.387. The van der Waals surface area contributed by atoms with E-state index in [1.807, 2.05) is 6.07 Å². The molecule has 2 heterocycles. The molecule has 0 saturated heterocycles. The lowest BCUT2D eigenvalue weighted by molar-refractivity contribution is 0.891. The van der Waals surface area contributed by atoms with Crippen molar-refractivity contribution in [1.82, 2.24) is 15.0 Å². The van der Waals surface area contributed by atoms with Crippen molar-refractivity contribution in [2.24, 2.45) is 0 Å². The molecule has 0 aliphatic carbocycles. The molecule has 0 bridgehead atoms. The third kappa shape index (κ3) is 1.48. The third-order valence-electron chi connectivity index (χ3n) is 1.93. The Bertz CT molecular complexity index is 427. The van der Waals surface area contributed by atoms with Crippen LogP contribution in [0.5, 0.6) is 0 Å². The van der Waals surface area contributed by atoms with Gasteiger partial charge in [0.25, 0.3) is 0 Å². The second-order valence-corrected chi connectivity index (χ2v) is 2.81. The van der Waals surface area contributed by atoms with Gasteiger partial charge in [-0.05, 0) is 17.7 Å². The fourth-order valence-corrected chi connectivity index (χ4v) is 1.26. The van der Waals surface area contributed by atoms with Gasteiger partial charge in [-0.1, -0.05) is 0 Å². The van der Waals surface area contributed by atoms with Gasteiger partial charge >= 0.3 is 0 Å². The molecule has 0 aromatic carbocycles. The minimum Gasteiger partial charge on any atom is -0.367 e. The summed E-state index contributed by atoms with van der Waals surface area (Å²) in [5.41, 5.74) is 0.888. The summed E-state index contributed by atoms with van der Waals surface area (Å²) in [7, 11) is 0. The Morgan fingerprint density at radius 3 is 2.71 bits per heavy atom. The van der Waals surface area contributed by atoms with Gasteiger partial charge in [0, 0.05) is 24.8 Å². The first-order valence-electron chi connectivity index (χ1n) is 4.21. The first-order chi connectivity index (χ1) is 6.92. The van der Waals surface area contributed by atoms with Crippen LogP contribution in [-0.4, -0.2) is 15.0 Å². The number of hydrogen-bond acceptors (Lipinski definition) is 3. The summed E-state index contributed by atoms with van der Waals surface area (Å²) in [5.74, 6) is 0.150. The monoisotopic (exact) mass is 184 g/mol. The minimum absolute atomic E-state index is 0.387. The maximum atomic E-state index is 9.01. The van der Waals surface area contributed by atoms with Crippen LogP contribution in [0.4, 0.5) is 0 Å². The fourth-order valence-electron chi connectivity index (χ4n) is 1.26. The van der Waals surface area contributed by atoms with Crippen LogP contribution in [0.2, 0.25) is 0 Å². The van der Waals surface area contributed by atoms with E-state index >= 15 is 0 Å². The molecule has 0 spiro atoms. The van der Waals surface area contributed by atoms with E-state index in [4.69, 9.17) is 5.26 Å². The van der Waals surface area contributed by atoms with Crippen molar-refractivity contribution in [1.29, 1.82) is 5.26 Å². The number of nitrogens with one attached hydrogen (secondary N) is 1. The molecule has 0 fully saturated rings. The van der Waals surface area contributed by atoms with Gasteiger partial charge in [0.1, 0.15) is 11.7 Å². The van der Waals surface area contributed by atoms with Crippen molar-refractivity contribution in [2.75, 3.05) is 0 Å². The molecule has 0 radical (unpaired) electrons. The Morgan fingerprint density at radius 1 is 1.36 bits per heavy atom. The summed E-state index contributed by atoms with van der Waals surface area (Å²) >= 11 is 0. The molecule has 4 heteroatoms. The first kappa shape index (κ1) is 8.45. The number of rotatable bonds is 2. The summed E-state index contributed by atoms with van der Waals surface area (Å²) in [5, 5.41) is 9.01. The second-order valence-electron chi connectivity index (χ2n) is 2.81. The molecule has 14 heavy (non-hydrogen) atoms. The molecule has 2 rings (SSSR count). The molecule has 1 unspecified atom stereocenters. The van der Waals surface area contributed by atoms with Crippen LogP contribution >= 0.6 is 0 Å². The fraction of sp³-hybridized carbons (Fsp3) is 0.100. The number of nitriles is 1. The van der Waals surface area contributed by atoms with Crippen molar-refractivity contribution in [3.63, 3.8) is 0 Å². The van der Waals surface area contributed by atoms with Crippen LogP contribution in [0.3, 0.4) is 0 Å². The highest BCUT2D eigenvalue weighted by Gasteiger charge is 2.15. The SMILES string of the molecule is N#CC(c1cc[nH]c1)c1ncccn1. The van der Waals surface area contributed by atoms with E-state index in [0.29, 0.717) is 5.82 Å². The molecule has 2 aromatic rings. The standard InChI is InChI=1S/C10H8N4/c11-6-9(8-2-5-12-7-8)10-13-3-1-4-14-10/h1-5,7,9,12H. The Kier molecular flexibility index (Phi) is 2.24. The number of H-pyrrole nitrogens is 1. The smallest absolute Gasteiger partial charge is 0.149 e. The molecule has 0 aliphatic heterocycles. The van der Waals surface area contributed by atoms with Gasteiger partial charge < -0.3 is 4.98 Å². The lowest BCUT2D eigenvalue weighted by Gasteiger charge is -2.03. The normalized spacial score (nSPS) is 11.9. The van der Waals surface area contributed by atoms with E-state index in [-0.39, 0.29) is 5.92 Å². The Morgan fingerprint density at radius 2 is 2.14 bits per heavy atom. The molecular weight excluding hydrogens is 176 g/mol. The third-order valence-corrected chi connectivity index (χ3v) is 1.93. The van der Waals surface area contributed by atoms with Gasteiger partial charge in [0.05, 0.1) is 6.07 Å². The average Bonchev–Trinajstić information content (AvgIpc) is 2.74. The highest BCUT2D eigenvalue weighted by Crippen LogP contribution is 2.19. The summed E-state index contributed by atoms with van der Waals surface area (Å²) in [4.78, 5) is 11.0. The molecule has 0 saturated carbocycles. The number of aromatic amines is 1. The van der Waals surface area contributed by atoms with Crippen molar-refractivity contribution >= 4 is 0 Å². The molecule has 68 valence electrons. The van der Waals surface area contributed by atoms with Gasteiger partial charge in [0.15, 0.2) is 0 Å². The van der Waals surface area contributed by atoms with E-state index in [0.717, 1.165) is 5.56 Å². The van der Waals surface area contributed by atoms with E-state index in [1.165, 1.54) is 0 Å². The van der Waals surface area contributed by atoms with Gasteiger partial charge in [0.2, 0.25) is 0 Å². The van der Waals surface area contributed by atoms with E-state index in [9.17, 15) is 0 Å². The van der Waals surface area contributed by atoms with E-state index in [2.05, 4.69) is 21.0 Å². The highest BCUT2D eigenvalue weighted by molar-refractivity contribution is 5.29. The molecular formula is C10H8N4. The van der Waals surface area contributed by atoms with Crippen LogP contribution < -0.4 is 0 Å². The Hall–Kier alpha value is -2.15. The maximum absolute atomic E-state index is 9.01. The topological polar surface area (TPSA) is 65.4 Å². The molecule has 0 aliphatic rings. The predicted molar refractivity (Wildman–Crippen MR) is 50.3 cm³/mol. The van der Waals surface area contributed by atoms with Crippen LogP contribution in [0, 0.1) is 11.3 Å². The van der Waals surface area contributed by atoms with Crippen molar-refractivity contribution in [3.05, 3.63) is 48.3 Å². The summed E-state index contributed by atoms with van der Waals surface area (Å²) in [6, 6.07) is 5.76. The molecule has 1 N–H and O–H groups in total. The van der Waals surface area contributed by atoms with Crippen LogP contribution in [0.15, 0.2) is 36.9 Å². The zero-order valence-electron chi connectivity index (χ0n) is 7.38. The quantitative estimate of drug-likeness (QED) is 0.768. The van der Waals surface area contributed by atoms with Gasteiger partial charge in [-0.15, -0.1) is 0 Å². The highest BCUT2D eigenvalue weighted by atomic mass is 14.9. The molecule has 1 atom stereocenters. The van der Waals surface area contributed by atoms with Gasteiger partial charge in [-0.2, -0.15) is 5.26 Å². The van der Waals surface area contributed by atoms with E-state index in [1.54, 1.807) is 30.9 Å². The van der Waals surface area contributed by atoms with Crippen LogP contribution in [-0.2, 0) is 0 Å². The zero-order valence-corrected chi connectivity index (χ0v) is 7.38. The molecule has 4 nitrogen and oxygen atoms in total. The van der Waals surface area contributed by atoms with Crippen molar-refractivity contribution in [2.45, 2.75) is 5.92 Å². The van der Waals surface area contributed by atoms with Crippen LogP contribution in [0.25, 0.3) is 0 Å². The number of aromatic nitrogens is 3. The number of hydrogen-bond donors (Lipinski definition) is 1. The predicted octanol–water partition coefficient (Wildman–Crippen LogP) is 1.46. The molecule has 0 amide bonds. The number of nitrogens with zero attached hydrogens (tertiary/aromatic N) is 3. The summed E-state index contributed by atoms with van der Waals surface area (Å²) in [6.07, 6.45) is 6.84. The summed E-state index contributed by atoms with van der Waals surface area (Å²) in [6.45, 7) is 0. The lowest BCUT2D eigenvalue weighted by Crippen LogP contribution is -2.01. The Labute approximate surface area is 81.3 Å². The first-order valence-corrected chi connectivity index (χ1v) is 4.21. The van der Waals surface area contributed by atoms with Crippen LogP contribution in [0.1, 0.15) is 17.3 Å². The second kappa shape index (κ2) is 3.71. The van der Waals surface area contributed by atoms with Gasteiger partial charge in [-0.3, -0.25) is 0 Å². The zero-order chi connectivity index (χ0) is 9.80. The summed E-state index contributed by atoms with van der Waals surface area (Å²) < 4.78 is 0. The van der Waals surface area contributed by atoms with Crippen molar-refractivity contribution < 1.29 is 0 Å². The van der Waals surface area contributed by atoms with Crippen molar-refractivity contribution in [3.8, 4) is 6.07 Å². The molecule has 2 aromatic heterocycles. The largest absolute Gasteiger partial charge is 0.367 e. The lowest BCUT2D eigenvalue weighted by atomic mass is 10.0. The van der Waals surface area contributed by atoms with Gasteiger partial charge in [-0.25, -0.2) is 9.97 Å².